The maximum atomic E-state index is 9.30. The molecule has 2 aromatic carbocycles. The van der Waals surface area contributed by atoms with Crippen molar-refractivity contribution < 1.29 is 4.74 Å². The highest BCUT2D eigenvalue weighted by Gasteiger charge is 2.38. The smallest absolute Gasteiger partial charge is 0.156 e. The SMILES string of the molecule is CN1CCC(N2CCN(c3ccc4c(c3)C(C)(C)c3[nH]c5cc(C#N)ccc5c3O4)CC2)CC1. The third kappa shape index (κ3) is 3.46. The average Bonchev–Trinajstić information content (AvgIpc) is 3.23. The van der Waals surface area contributed by atoms with E-state index in [2.05, 4.69) is 64.8 Å². The zero-order valence-electron chi connectivity index (χ0n) is 20.4. The molecule has 0 amide bonds. The summed E-state index contributed by atoms with van der Waals surface area (Å²) in [7, 11) is 2.23. The first kappa shape index (κ1) is 21.5. The Morgan fingerprint density at radius 1 is 1.00 bits per heavy atom. The van der Waals surface area contributed by atoms with Crippen molar-refractivity contribution in [3.8, 4) is 17.6 Å². The molecule has 3 aliphatic heterocycles. The molecule has 6 rings (SSSR count). The first-order valence-corrected chi connectivity index (χ1v) is 12.5. The number of benzene rings is 2. The molecule has 2 saturated heterocycles. The van der Waals surface area contributed by atoms with Gasteiger partial charge in [-0.15, -0.1) is 0 Å². The van der Waals surface area contributed by atoms with Gasteiger partial charge in [0.1, 0.15) is 5.75 Å². The molecule has 6 nitrogen and oxygen atoms in total. The fourth-order valence-electron chi connectivity index (χ4n) is 6.03. The highest BCUT2D eigenvalue weighted by atomic mass is 16.5. The minimum atomic E-state index is -0.222. The quantitative estimate of drug-likeness (QED) is 0.608. The summed E-state index contributed by atoms with van der Waals surface area (Å²) in [6, 6.07) is 15.4. The van der Waals surface area contributed by atoms with Crippen LogP contribution in [0.15, 0.2) is 36.4 Å². The lowest BCUT2D eigenvalue weighted by atomic mass is 9.79. The summed E-state index contributed by atoms with van der Waals surface area (Å²) in [5.41, 5.74) is 4.96. The Balaban J connectivity index is 1.24. The van der Waals surface area contributed by atoms with Gasteiger partial charge in [0.05, 0.1) is 22.8 Å². The standard InChI is InChI=1S/C28H33N5O/c1-28(2)23-17-21(33-14-12-32(13-15-33)20-8-10-31(3)11-9-20)5-7-25(23)34-26-22-6-4-19(18-29)16-24(22)30-27(26)28/h4-7,16-17,20,30H,8-15H2,1-3H3. The molecular formula is C28H33N5O. The van der Waals surface area contributed by atoms with E-state index in [0.717, 1.165) is 60.3 Å². The molecule has 1 N–H and O–H groups in total. The number of anilines is 1. The van der Waals surface area contributed by atoms with Gasteiger partial charge in [0.25, 0.3) is 0 Å². The number of hydrogen-bond acceptors (Lipinski definition) is 5. The van der Waals surface area contributed by atoms with Gasteiger partial charge in [-0.25, -0.2) is 0 Å². The topological polar surface area (TPSA) is 58.5 Å². The zero-order chi connectivity index (χ0) is 23.4. The molecule has 0 unspecified atom stereocenters. The molecule has 0 bridgehead atoms. The number of nitrogens with zero attached hydrogens (tertiary/aromatic N) is 4. The number of H-pyrrole nitrogens is 1. The van der Waals surface area contributed by atoms with Crippen molar-refractivity contribution in [2.75, 3.05) is 51.2 Å². The second kappa shape index (κ2) is 8.04. The van der Waals surface area contributed by atoms with Gasteiger partial charge in [-0.2, -0.15) is 5.26 Å². The van der Waals surface area contributed by atoms with Gasteiger partial charge in [-0.3, -0.25) is 4.90 Å². The van der Waals surface area contributed by atoms with Crippen LogP contribution in [-0.4, -0.2) is 67.1 Å². The Bertz CT molecular complexity index is 1270. The summed E-state index contributed by atoms with van der Waals surface area (Å²) in [5, 5.41) is 10.3. The van der Waals surface area contributed by atoms with Crippen LogP contribution in [-0.2, 0) is 5.41 Å². The van der Waals surface area contributed by atoms with Gasteiger partial charge in [0, 0.05) is 54.3 Å². The van der Waals surface area contributed by atoms with E-state index >= 15 is 0 Å². The van der Waals surface area contributed by atoms with Gasteiger partial charge in [-0.1, -0.05) is 0 Å². The van der Waals surface area contributed by atoms with Gasteiger partial charge in [0.15, 0.2) is 5.75 Å². The molecule has 34 heavy (non-hydrogen) atoms. The van der Waals surface area contributed by atoms with Crippen molar-refractivity contribution in [1.82, 2.24) is 14.8 Å². The summed E-state index contributed by atoms with van der Waals surface area (Å²) in [4.78, 5) is 11.3. The maximum Gasteiger partial charge on any atom is 0.156 e. The number of aromatic amines is 1. The largest absolute Gasteiger partial charge is 0.454 e. The normalized spacial score (nSPS) is 21.1. The minimum Gasteiger partial charge on any atom is -0.454 e. The monoisotopic (exact) mass is 455 g/mol. The molecule has 3 aliphatic rings. The summed E-state index contributed by atoms with van der Waals surface area (Å²) >= 11 is 0. The second-order valence-corrected chi connectivity index (χ2v) is 10.7. The molecule has 0 spiro atoms. The van der Waals surface area contributed by atoms with Crippen molar-refractivity contribution in [1.29, 1.82) is 5.26 Å². The predicted molar refractivity (Wildman–Crippen MR) is 136 cm³/mol. The van der Waals surface area contributed by atoms with Gasteiger partial charge in [0.2, 0.25) is 0 Å². The Morgan fingerprint density at radius 2 is 1.76 bits per heavy atom. The van der Waals surface area contributed by atoms with Gasteiger partial charge >= 0.3 is 0 Å². The van der Waals surface area contributed by atoms with Crippen LogP contribution in [0, 0.1) is 11.3 Å². The summed E-state index contributed by atoms with van der Waals surface area (Å²) in [5.74, 6) is 1.81. The van der Waals surface area contributed by atoms with Crippen molar-refractivity contribution >= 4 is 16.6 Å². The number of rotatable bonds is 2. The van der Waals surface area contributed by atoms with Crippen LogP contribution in [0.2, 0.25) is 0 Å². The molecule has 0 radical (unpaired) electrons. The maximum absolute atomic E-state index is 9.30. The van der Waals surface area contributed by atoms with Crippen LogP contribution in [0.25, 0.3) is 10.9 Å². The van der Waals surface area contributed by atoms with Crippen LogP contribution >= 0.6 is 0 Å². The highest BCUT2D eigenvalue weighted by Crippen LogP contribution is 2.51. The first-order valence-electron chi connectivity index (χ1n) is 12.5. The lowest BCUT2D eigenvalue weighted by Crippen LogP contribution is -2.53. The van der Waals surface area contributed by atoms with Gasteiger partial charge in [-0.05, 0) is 83.2 Å². The van der Waals surface area contributed by atoms with E-state index in [1.165, 1.54) is 37.2 Å². The number of piperidine rings is 1. The van der Waals surface area contributed by atoms with Crippen LogP contribution in [0.5, 0.6) is 11.5 Å². The molecular weight excluding hydrogens is 422 g/mol. The number of nitriles is 1. The second-order valence-electron chi connectivity index (χ2n) is 10.7. The van der Waals surface area contributed by atoms with Crippen molar-refractivity contribution in [2.24, 2.45) is 0 Å². The van der Waals surface area contributed by atoms with Crippen LogP contribution in [0.1, 0.15) is 43.5 Å². The number of piperazine rings is 1. The van der Waals surface area contributed by atoms with E-state index in [4.69, 9.17) is 4.74 Å². The molecule has 2 fully saturated rings. The minimum absolute atomic E-state index is 0.222. The number of hydrogen-bond donors (Lipinski definition) is 1. The third-order valence-electron chi connectivity index (χ3n) is 8.24. The van der Waals surface area contributed by atoms with Crippen molar-refractivity contribution in [3.05, 3.63) is 53.2 Å². The van der Waals surface area contributed by atoms with Crippen LogP contribution in [0.3, 0.4) is 0 Å². The van der Waals surface area contributed by atoms with E-state index in [1.807, 2.05) is 18.2 Å². The highest BCUT2D eigenvalue weighted by molar-refractivity contribution is 5.90. The zero-order valence-corrected chi connectivity index (χ0v) is 20.4. The summed E-state index contributed by atoms with van der Waals surface area (Å²) in [6.07, 6.45) is 2.59. The molecule has 6 heteroatoms. The summed E-state index contributed by atoms with van der Waals surface area (Å²) in [6.45, 7) is 11.4. The van der Waals surface area contributed by atoms with E-state index < -0.39 is 0 Å². The Labute approximate surface area is 201 Å². The molecule has 3 aromatic rings. The molecule has 1 aromatic heterocycles. The predicted octanol–water partition coefficient (Wildman–Crippen LogP) is 4.69. The average molecular weight is 456 g/mol. The molecule has 0 saturated carbocycles. The van der Waals surface area contributed by atoms with Crippen LogP contribution in [0.4, 0.5) is 5.69 Å². The molecule has 4 heterocycles. The molecule has 176 valence electrons. The summed E-state index contributed by atoms with van der Waals surface area (Å²) < 4.78 is 6.44. The Hall–Kier alpha value is -3.01. The molecule has 0 aliphatic carbocycles. The lowest BCUT2D eigenvalue weighted by Gasteiger charge is -2.43. The lowest BCUT2D eigenvalue weighted by molar-refractivity contribution is 0.115. The van der Waals surface area contributed by atoms with Gasteiger partial charge < -0.3 is 19.5 Å². The van der Waals surface area contributed by atoms with Crippen molar-refractivity contribution in [2.45, 2.75) is 38.1 Å². The molecule has 0 atom stereocenters. The third-order valence-corrected chi connectivity index (χ3v) is 8.24. The fraction of sp³-hybridized carbons (Fsp3) is 0.464. The Morgan fingerprint density at radius 3 is 2.50 bits per heavy atom. The number of likely N-dealkylation sites (tertiary alicyclic amines) is 1. The first-order chi connectivity index (χ1) is 16.4. The van der Waals surface area contributed by atoms with E-state index in [9.17, 15) is 5.26 Å². The van der Waals surface area contributed by atoms with E-state index in [0.29, 0.717) is 5.56 Å². The van der Waals surface area contributed by atoms with E-state index in [1.54, 1.807) is 0 Å². The number of aromatic nitrogens is 1. The van der Waals surface area contributed by atoms with Crippen LogP contribution < -0.4 is 9.64 Å². The van der Waals surface area contributed by atoms with Crippen molar-refractivity contribution in [3.63, 3.8) is 0 Å². The fourth-order valence-corrected chi connectivity index (χ4v) is 6.03. The number of fused-ring (bicyclic) bond motifs is 4. The van der Waals surface area contributed by atoms with E-state index in [-0.39, 0.29) is 5.41 Å². The number of ether oxygens (including phenoxy) is 1. The Kier molecular flexibility index (Phi) is 5.09. The number of nitrogens with one attached hydrogen (secondary N) is 1.